The molecule has 9 nitrogen and oxygen atoms in total. The summed E-state index contributed by atoms with van der Waals surface area (Å²) >= 11 is 0. The van der Waals surface area contributed by atoms with E-state index in [1.54, 1.807) is 35.2 Å². The van der Waals surface area contributed by atoms with Crippen LogP contribution in [-0.4, -0.2) is 90.9 Å². The summed E-state index contributed by atoms with van der Waals surface area (Å²) < 4.78 is 24.7. The van der Waals surface area contributed by atoms with E-state index in [2.05, 4.69) is 0 Å². The van der Waals surface area contributed by atoms with E-state index in [1.165, 1.54) is 16.3 Å². The zero-order valence-corrected chi connectivity index (χ0v) is 17.5. The fourth-order valence-corrected chi connectivity index (χ4v) is 4.13. The largest absolute Gasteiger partial charge is 0.481 e. The van der Waals surface area contributed by atoms with Crippen LogP contribution in [0.5, 0.6) is 0 Å². The zero-order chi connectivity index (χ0) is 21.6. The molecule has 10 heteroatoms. The van der Waals surface area contributed by atoms with Crippen molar-refractivity contribution >= 4 is 27.8 Å². The van der Waals surface area contributed by atoms with E-state index >= 15 is 0 Å². The molecule has 0 aliphatic carbocycles. The summed E-state index contributed by atoms with van der Waals surface area (Å²) in [4.78, 5) is 39.7. The third-order valence-electron chi connectivity index (χ3n) is 4.98. The van der Waals surface area contributed by atoms with E-state index < -0.39 is 22.0 Å². The van der Waals surface area contributed by atoms with Crippen LogP contribution >= 0.6 is 0 Å². The van der Waals surface area contributed by atoms with E-state index in [-0.39, 0.29) is 57.3 Å². The lowest BCUT2D eigenvalue weighted by Gasteiger charge is -2.37. The van der Waals surface area contributed by atoms with Gasteiger partial charge in [0.25, 0.3) is 5.91 Å². The second-order valence-corrected chi connectivity index (χ2v) is 9.05. The Labute approximate surface area is 170 Å². The van der Waals surface area contributed by atoms with Gasteiger partial charge in [-0.2, -0.15) is 4.31 Å². The second-order valence-electron chi connectivity index (χ2n) is 7.07. The number of carboxylic acids is 1. The molecule has 0 bridgehead atoms. The number of rotatable bonds is 8. The molecule has 2 rings (SSSR count). The van der Waals surface area contributed by atoms with Crippen molar-refractivity contribution in [2.45, 2.75) is 25.3 Å². The van der Waals surface area contributed by atoms with Gasteiger partial charge in [0, 0.05) is 45.2 Å². The average molecular weight is 426 g/mol. The summed E-state index contributed by atoms with van der Waals surface area (Å²) in [6.07, 6.45) is 1.50. The first-order chi connectivity index (χ1) is 13.6. The van der Waals surface area contributed by atoms with E-state index in [1.807, 2.05) is 0 Å². The minimum absolute atomic E-state index is 0.0982. The molecule has 1 aliphatic heterocycles. The first-order valence-corrected chi connectivity index (χ1v) is 11.2. The van der Waals surface area contributed by atoms with Crippen LogP contribution in [0, 0.1) is 0 Å². The monoisotopic (exact) mass is 425 g/mol. The lowest BCUT2D eigenvalue weighted by Crippen LogP contribution is -2.56. The Kier molecular flexibility index (Phi) is 7.74. The molecule has 160 valence electrons. The minimum atomic E-state index is -3.32. The van der Waals surface area contributed by atoms with E-state index in [9.17, 15) is 22.8 Å². The van der Waals surface area contributed by atoms with Crippen LogP contribution in [0.3, 0.4) is 0 Å². The topological polar surface area (TPSA) is 115 Å². The second kappa shape index (κ2) is 9.84. The molecule has 1 unspecified atom stereocenters. The number of benzene rings is 1. The van der Waals surface area contributed by atoms with Gasteiger partial charge in [0.05, 0.1) is 6.26 Å². The summed E-state index contributed by atoms with van der Waals surface area (Å²) in [6, 6.07) is 7.74. The molecule has 2 amide bonds. The van der Waals surface area contributed by atoms with Gasteiger partial charge in [-0.3, -0.25) is 14.4 Å². The van der Waals surface area contributed by atoms with Gasteiger partial charge in [-0.25, -0.2) is 8.42 Å². The molecule has 1 saturated heterocycles. The van der Waals surface area contributed by atoms with Crippen LogP contribution in [0.2, 0.25) is 0 Å². The van der Waals surface area contributed by atoms with Crippen molar-refractivity contribution in [3.8, 4) is 0 Å². The molecule has 0 spiro atoms. The van der Waals surface area contributed by atoms with Crippen LogP contribution in [0.4, 0.5) is 0 Å². The molecule has 1 aliphatic rings. The van der Waals surface area contributed by atoms with Gasteiger partial charge in [0.15, 0.2) is 0 Å². The summed E-state index contributed by atoms with van der Waals surface area (Å²) in [7, 11) is -1.79. The highest BCUT2D eigenvalue weighted by Crippen LogP contribution is 2.17. The number of amides is 2. The summed E-state index contributed by atoms with van der Waals surface area (Å²) in [5.74, 6) is -1.58. The highest BCUT2D eigenvalue weighted by molar-refractivity contribution is 7.88. The Bertz CT molecular complexity index is 835. The number of hydrogen-bond acceptors (Lipinski definition) is 5. The average Bonchev–Trinajstić information content (AvgIpc) is 2.69. The molecular weight excluding hydrogens is 398 g/mol. The number of carbonyl (C=O) groups is 3. The highest BCUT2D eigenvalue weighted by Gasteiger charge is 2.33. The number of sulfonamides is 1. The number of hydrogen-bond donors (Lipinski definition) is 1. The number of nitrogens with zero attached hydrogens (tertiary/aromatic N) is 3. The highest BCUT2D eigenvalue weighted by atomic mass is 32.2. The first kappa shape index (κ1) is 22.8. The SMILES string of the molecule is CN(C(=O)c1ccccc1)C(CCCC(=O)O)C(=O)N1CCN(S(C)(=O)=O)CC1. The number of aliphatic carboxylic acids is 1. The van der Waals surface area contributed by atoms with E-state index in [4.69, 9.17) is 5.11 Å². The summed E-state index contributed by atoms with van der Waals surface area (Å²) in [6.45, 7) is 0.856. The first-order valence-electron chi connectivity index (χ1n) is 9.39. The number of piperazine rings is 1. The molecule has 1 fully saturated rings. The lowest BCUT2D eigenvalue weighted by molar-refractivity contribution is -0.139. The predicted molar refractivity (Wildman–Crippen MR) is 107 cm³/mol. The van der Waals surface area contributed by atoms with Gasteiger partial charge in [0.2, 0.25) is 15.9 Å². The smallest absolute Gasteiger partial charge is 0.303 e. The van der Waals surface area contributed by atoms with Crippen LogP contribution in [-0.2, 0) is 19.6 Å². The molecule has 29 heavy (non-hydrogen) atoms. The number of carbonyl (C=O) groups excluding carboxylic acids is 2. The quantitative estimate of drug-likeness (QED) is 0.648. The van der Waals surface area contributed by atoms with Gasteiger partial charge in [-0.1, -0.05) is 18.2 Å². The van der Waals surface area contributed by atoms with Crippen molar-refractivity contribution in [2.75, 3.05) is 39.5 Å². The molecule has 1 aromatic rings. The van der Waals surface area contributed by atoms with Crippen molar-refractivity contribution < 1.29 is 27.9 Å². The normalized spacial score (nSPS) is 16.3. The molecule has 1 N–H and O–H groups in total. The fraction of sp³-hybridized carbons (Fsp3) is 0.526. The van der Waals surface area contributed by atoms with Crippen LogP contribution in [0.25, 0.3) is 0 Å². The maximum atomic E-state index is 13.1. The summed E-state index contributed by atoms with van der Waals surface area (Å²) in [5, 5.41) is 8.91. The van der Waals surface area contributed by atoms with Crippen molar-refractivity contribution in [3.05, 3.63) is 35.9 Å². The minimum Gasteiger partial charge on any atom is -0.481 e. The Hall–Kier alpha value is -2.46. The summed E-state index contributed by atoms with van der Waals surface area (Å²) in [5.41, 5.74) is 0.438. The molecule has 0 aromatic heterocycles. The third-order valence-corrected chi connectivity index (χ3v) is 6.28. The van der Waals surface area contributed by atoms with Gasteiger partial charge in [-0.15, -0.1) is 0 Å². The van der Waals surface area contributed by atoms with Crippen LogP contribution in [0.15, 0.2) is 30.3 Å². The molecule has 1 heterocycles. The Morgan fingerprint density at radius 2 is 1.69 bits per heavy atom. The number of likely N-dealkylation sites (N-methyl/N-ethyl adjacent to an activating group) is 1. The molecular formula is C19H27N3O6S. The maximum Gasteiger partial charge on any atom is 0.303 e. The van der Waals surface area contributed by atoms with Gasteiger partial charge in [0.1, 0.15) is 6.04 Å². The van der Waals surface area contributed by atoms with Crippen molar-refractivity contribution in [1.82, 2.24) is 14.1 Å². The van der Waals surface area contributed by atoms with Crippen LogP contribution < -0.4 is 0 Å². The van der Waals surface area contributed by atoms with E-state index in [0.29, 0.717) is 5.56 Å². The third kappa shape index (κ3) is 6.26. The standard InChI is InChI=1S/C19H27N3O6S/c1-20(18(25)15-7-4-3-5-8-15)16(9-6-10-17(23)24)19(26)21-11-13-22(14-12-21)29(2,27)28/h3-5,7-8,16H,6,9-14H2,1-2H3,(H,23,24). The molecule has 1 atom stereocenters. The predicted octanol–water partition coefficient (Wildman–Crippen LogP) is 0.486. The Balaban J connectivity index is 2.13. The lowest BCUT2D eigenvalue weighted by atomic mass is 10.0. The van der Waals surface area contributed by atoms with Gasteiger partial charge >= 0.3 is 5.97 Å². The van der Waals surface area contributed by atoms with Crippen molar-refractivity contribution in [2.24, 2.45) is 0 Å². The Morgan fingerprint density at radius 1 is 1.10 bits per heavy atom. The fourth-order valence-electron chi connectivity index (χ4n) is 3.31. The molecule has 0 saturated carbocycles. The number of carboxylic acid groups (broad SMARTS) is 1. The van der Waals surface area contributed by atoms with E-state index in [0.717, 1.165) is 6.26 Å². The van der Waals surface area contributed by atoms with Gasteiger partial charge in [-0.05, 0) is 25.0 Å². The molecule has 0 radical (unpaired) electrons. The maximum absolute atomic E-state index is 13.1. The molecule has 1 aromatic carbocycles. The zero-order valence-electron chi connectivity index (χ0n) is 16.7. The van der Waals surface area contributed by atoms with Crippen LogP contribution in [0.1, 0.15) is 29.6 Å². The Morgan fingerprint density at radius 3 is 2.21 bits per heavy atom. The van der Waals surface area contributed by atoms with Crippen molar-refractivity contribution in [1.29, 1.82) is 0 Å². The van der Waals surface area contributed by atoms with Gasteiger partial charge < -0.3 is 14.9 Å². The van der Waals surface area contributed by atoms with Crippen molar-refractivity contribution in [3.63, 3.8) is 0 Å².